The van der Waals surface area contributed by atoms with Crippen LogP contribution >= 0.6 is 23.8 Å². The molecule has 0 saturated heterocycles. The van der Waals surface area contributed by atoms with Crippen molar-refractivity contribution in [3.8, 4) is 5.75 Å². The predicted molar refractivity (Wildman–Crippen MR) is 113 cm³/mol. The van der Waals surface area contributed by atoms with Crippen molar-refractivity contribution in [3.05, 3.63) is 64.2 Å². The number of ether oxygens (including phenoxy) is 1. The Morgan fingerprint density at radius 1 is 1.07 bits per heavy atom. The van der Waals surface area contributed by atoms with Crippen LogP contribution in [-0.2, 0) is 16.0 Å². The first-order chi connectivity index (χ1) is 13.3. The molecule has 0 aliphatic carbocycles. The topological polar surface area (TPSA) is 79.5 Å². The summed E-state index contributed by atoms with van der Waals surface area (Å²) >= 11 is 11.1. The highest BCUT2D eigenvalue weighted by Crippen LogP contribution is 2.18. The van der Waals surface area contributed by atoms with Gasteiger partial charge in [0.25, 0.3) is 5.91 Å². The number of amides is 2. The lowest BCUT2D eigenvalue weighted by molar-refractivity contribution is -0.124. The molecule has 0 aliphatic rings. The lowest BCUT2D eigenvalue weighted by atomic mass is 10.1. The number of aryl methyl sites for hydroxylation is 3. The number of hydrogen-bond donors (Lipinski definition) is 3. The van der Waals surface area contributed by atoms with E-state index in [9.17, 15) is 9.59 Å². The number of hydrazine groups is 1. The number of carbonyl (C=O) groups excluding carboxylic acids is 2. The highest BCUT2D eigenvalue weighted by atomic mass is 35.5. The van der Waals surface area contributed by atoms with Crippen LogP contribution in [0.15, 0.2) is 42.5 Å². The van der Waals surface area contributed by atoms with Crippen LogP contribution in [0.3, 0.4) is 0 Å². The van der Waals surface area contributed by atoms with Gasteiger partial charge in [-0.25, -0.2) is 0 Å². The Morgan fingerprint density at radius 2 is 1.82 bits per heavy atom. The standard InChI is InChI=1S/C20H22ClN3O3S/c1-13-7-9-17(14(2)11-13)27-12-19(26)23-24-20(28)22-18(25)10-8-15-5-3-4-6-16(15)21/h3-7,9,11H,8,10,12H2,1-2H3,(H,23,26)(H2,22,24,25,28). The Balaban J connectivity index is 1.67. The average Bonchev–Trinajstić information content (AvgIpc) is 2.65. The van der Waals surface area contributed by atoms with Crippen LogP contribution in [0, 0.1) is 13.8 Å². The third kappa shape index (κ3) is 7.17. The highest BCUT2D eigenvalue weighted by Gasteiger charge is 2.09. The van der Waals surface area contributed by atoms with E-state index >= 15 is 0 Å². The molecule has 0 fully saturated rings. The van der Waals surface area contributed by atoms with E-state index in [0.717, 1.165) is 16.7 Å². The summed E-state index contributed by atoms with van der Waals surface area (Å²) in [6, 6.07) is 13.0. The molecule has 2 amide bonds. The molecule has 2 rings (SSSR count). The van der Waals surface area contributed by atoms with Gasteiger partial charge in [-0.05, 0) is 55.7 Å². The van der Waals surface area contributed by atoms with E-state index in [4.69, 9.17) is 28.6 Å². The molecule has 0 aliphatic heterocycles. The van der Waals surface area contributed by atoms with Crippen molar-refractivity contribution in [2.45, 2.75) is 26.7 Å². The van der Waals surface area contributed by atoms with Crippen molar-refractivity contribution in [1.82, 2.24) is 16.2 Å². The maximum atomic E-state index is 11.9. The maximum Gasteiger partial charge on any atom is 0.276 e. The molecular weight excluding hydrogens is 398 g/mol. The lowest BCUT2D eigenvalue weighted by Gasteiger charge is -2.12. The van der Waals surface area contributed by atoms with Crippen LogP contribution in [0.25, 0.3) is 0 Å². The van der Waals surface area contributed by atoms with E-state index in [0.29, 0.717) is 17.2 Å². The number of carbonyl (C=O) groups is 2. The summed E-state index contributed by atoms with van der Waals surface area (Å²) in [5.74, 6) is -0.0676. The summed E-state index contributed by atoms with van der Waals surface area (Å²) < 4.78 is 5.47. The second-order valence-corrected chi connectivity index (χ2v) is 7.01. The van der Waals surface area contributed by atoms with Crippen LogP contribution in [0.2, 0.25) is 5.02 Å². The van der Waals surface area contributed by atoms with Crippen molar-refractivity contribution in [3.63, 3.8) is 0 Å². The molecule has 0 atom stereocenters. The van der Waals surface area contributed by atoms with E-state index in [1.165, 1.54) is 0 Å². The molecule has 0 radical (unpaired) electrons. The zero-order valence-electron chi connectivity index (χ0n) is 15.7. The van der Waals surface area contributed by atoms with Crippen molar-refractivity contribution >= 4 is 40.7 Å². The van der Waals surface area contributed by atoms with Gasteiger partial charge in [0, 0.05) is 11.4 Å². The molecule has 2 aromatic carbocycles. The van der Waals surface area contributed by atoms with Gasteiger partial charge in [0.2, 0.25) is 5.91 Å². The van der Waals surface area contributed by atoms with E-state index < -0.39 is 5.91 Å². The molecule has 0 unspecified atom stereocenters. The first kappa shape index (κ1) is 21.7. The van der Waals surface area contributed by atoms with Gasteiger partial charge in [-0.2, -0.15) is 0 Å². The van der Waals surface area contributed by atoms with Crippen LogP contribution in [0.1, 0.15) is 23.1 Å². The second kappa shape index (κ2) is 10.6. The number of rotatable bonds is 6. The number of halogens is 1. The molecule has 3 N–H and O–H groups in total. The van der Waals surface area contributed by atoms with Gasteiger partial charge < -0.3 is 10.1 Å². The van der Waals surface area contributed by atoms with Crippen molar-refractivity contribution in [1.29, 1.82) is 0 Å². The number of hydrogen-bond acceptors (Lipinski definition) is 4. The number of nitrogens with one attached hydrogen (secondary N) is 3. The molecule has 0 bridgehead atoms. The third-order valence-electron chi connectivity index (χ3n) is 3.84. The van der Waals surface area contributed by atoms with Crippen molar-refractivity contribution < 1.29 is 14.3 Å². The normalized spacial score (nSPS) is 10.1. The molecule has 8 heteroatoms. The summed E-state index contributed by atoms with van der Waals surface area (Å²) in [6.07, 6.45) is 0.708. The maximum absolute atomic E-state index is 11.9. The third-order valence-corrected chi connectivity index (χ3v) is 4.41. The largest absolute Gasteiger partial charge is 0.483 e. The Bertz CT molecular complexity index is 874. The summed E-state index contributed by atoms with van der Waals surface area (Å²) in [4.78, 5) is 23.8. The van der Waals surface area contributed by atoms with Crippen LogP contribution in [0.4, 0.5) is 0 Å². The zero-order valence-corrected chi connectivity index (χ0v) is 17.2. The smallest absolute Gasteiger partial charge is 0.276 e. The molecule has 0 aromatic heterocycles. The molecule has 0 heterocycles. The summed E-state index contributed by atoms with van der Waals surface area (Å²) in [7, 11) is 0. The zero-order chi connectivity index (χ0) is 20.5. The Kier molecular flexibility index (Phi) is 8.22. The quantitative estimate of drug-likeness (QED) is 0.495. The minimum absolute atomic E-state index is 0.00373. The van der Waals surface area contributed by atoms with Gasteiger partial charge >= 0.3 is 0 Å². The first-order valence-electron chi connectivity index (χ1n) is 8.67. The number of benzene rings is 2. The van der Waals surface area contributed by atoms with Crippen LogP contribution in [-0.4, -0.2) is 23.5 Å². The van der Waals surface area contributed by atoms with E-state index in [1.54, 1.807) is 6.07 Å². The number of thiocarbonyl (C=S) groups is 1. The van der Waals surface area contributed by atoms with Crippen LogP contribution in [0.5, 0.6) is 5.75 Å². The van der Waals surface area contributed by atoms with Gasteiger partial charge in [-0.1, -0.05) is 47.5 Å². The first-order valence-corrected chi connectivity index (χ1v) is 9.46. The Morgan fingerprint density at radius 3 is 2.54 bits per heavy atom. The van der Waals surface area contributed by atoms with Crippen molar-refractivity contribution in [2.24, 2.45) is 0 Å². The SMILES string of the molecule is Cc1ccc(OCC(=O)NNC(=S)NC(=O)CCc2ccccc2Cl)c(C)c1. The summed E-state index contributed by atoms with van der Waals surface area (Å²) in [5, 5.41) is 3.12. The minimum Gasteiger partial charge on any atom is -0.483 e. The fraction of sp³-hybridized carbons (Fsp3) is 0.250. The second-order valence-electron chi connectivity index (χ2n) is 6.20. The lowest BCUT2D eigenvalue weighted by Crippen LogP contribution is -2.49. The van der Waals surface area contributed by atoms with Crippen molar-refractivity contribution in [2.75, 3.05) is 6.61 Å². The molecule has 2 aromatic rings. The monoisotopic (exact) mass is 419 g/mol. The van der Waals surface area contributed by atoms with E-state index in [1.807, 2.05) is 50.2 Å². The molecule has 0 saturated carbocycles. The van der Waals surface area contributed by atoms with Crippen LogP contribution < -0.4 is 20.9 Å². The molecule has 148 valence electrons. The van der Waals surface area contributed by atoms with Gasteiger partial charge in [-0.3, -0.25) is 20.4 Å². The minimum atomic E-state index is -0.423. The Hall–Kier alpha value is -2.64. The molecule has 28 heavy (non-hydrogen) atoms. The van der Waals surface area contributed by atoms with Gasteiger partial charge in [0.15, 0.2) is 11.7 Å². The fourth-order valence-electron chi connectivity index (χ4n) is 2.44. The van der Waals surface area contributed by atoms with Gasteiger partial charge in [-0.15, -0.1) is 0 Å². The van der Waals surface area contributed by atoms with Gasteiger partial charge in [0.05, 0.1) is 0 Å². The van der Waals surface area contributed by atoms with E-state index in [-0.39, 0.29) is 24.0 Å². The Labute approximate surface area is 174 Å². The highest BCUT2D eigenvalue weighted by molar-refractivity contribution is 7.80. The molecule has 6 nitrogen and oxygen atoms in total. The summed E-state index contributed by atoms with van der Waals surface area (Å²) in [5.41, 5.74) is 7.81. The van der Waals surface area contributed by atoms with Gasteiger partial charge in [0.1, 0.15) is 5.75 Å². The summed E-state index contributed by atoms with van der Waals surface area (Å²) in [6.45, 7) is 3.71. The fourth-order valence-corrected chi connectivity index (χ4v) is 2.83. The molecular formula is C20H22ClN3O3S. The van der Waals surface area contributed by atoms with E-state index in [2.05, 4.69) is 16.2 Å². The average molecular weight is 420 g/mol. The molecule has 0 spiro atoms. The predicted octanol–water partition coefficient (Wildman–Crippen LogP) is 2.99.